The molecule has 0 aliphatic carbocycles. The monoisotopic (exact) mass is 288 g/mol. The normalized spacial score (nSPS) is 13.4. The fourth-order valence-electron chi connectivity index (χ4n) is 1.67. The standard InChI is InChI=1S/C14H19F3N2O/c1-8(2)12(18)7-13(20)19-10-5-4-9(3)11(6-10)14(15,16)17/h4-6,8,12H,7,18H2,1-3H3,(H,19,20). The molecule has 1 unspecified atom stereocenters. The van der Waals surface area contributed by atoms with E-state index in [2.05, 4.69) is 5.32 Å². The maximum Gasteiger partial charge on any atom is 0.416 e. The van der Waals surface area contributed by atoms with Gasteiger partial charge in [0.25, 0.3) is 0 Å². The van der Waals surface area contributed by atoms with Gasteiger partial charge in [-0.2, -0.15) is 13.2 Å². The molecule has 112 valence electrons. The predicted octanol–water partition coefficient (Wildman–Crippen LogP) is 3.33. The summed E-state index contributed by atoms with van der Waals surface area (Å²) in [4.78, 5) is 11.7. The molecule has 0 saturated carbocycles. The molecule has 0 fully saturated rings. The summed E-state index contributed by atoms with van der Waals surface area (Å²) in [5.41, 5.74) is 5.26. The number of anilines is 1. The molecule has 0 spiro atoms. The second kappa shape index (κ2) is 6.26. The minimum absolute atomic E-state index is 0.0763. The molecular weight excluding hydrogens is 269 g/mol. The van der Waals surface area contributed by atoms with Crippen LogP contribution in [0.3, 0.4) is 0 Å². The summed E-state index contributed by atoms with van der Waals surface area (Å²) in [7, 11) is 0. The van der Waals surface area contributed by atoms with E-state index in [1.165, 1.54) is 19.1 Å². The summed E-state index contributed by atoms with van der Waals surface area (Å²) < 4.78 is 38.2. The number of hydrogen-bond acceptors (Lipinski definition) is 2. The molecule has 0 saturated heterocycles. The molecule has 0 heterocycles. The van der Waals surface area contributed by atoms with Crippen LogP contribution in [0.25, 0.3) is 0 Å². The third-order valence-corrected chi connectivity index (χ3v) is 3.10. The van der Waals surface area contributed by atoms with E-state index in [9.17, 15) is 18.0 Å². The first-order valence-electron chi connectivity index (χ1n) is 6.34. The zero-order valence-corrected chi connectivity index (χ0v) is 11.7. The van der Waals surface area contributed by atoms with E-state index in [0.29, 0.717) is 0 Å². The molecule has 1 atom stereocenters. The zero-order chi connectivity index (χ0) is 15.5. The summed E-state index contributed by atoms with van der Waals surface area (Å²) in [5, 5.41) is 2.45. The predicted molar refractivity (Wildman–Crippen MR) is 72.2 cm³/mol. The fraction of sp³-hybridized carbons (Fsp3) is 0.500. The van der Waals surface area contributed by atoms with E-state index in [-0.39, 0.29) is 35.5 Å². The number of carbonyl (C=O) groups excluding carboxylic acids is 1. The highest BCUT2D eigenvalue weighted by atomic mass is 19.4. The number of carbonyl (C=O) groups is 1. The van der Waals surface area contributed by atoms with Crippen molar-refractivity contribution in [2.24, 2.45) is 11.7 Å². The minimum atomic E-state index is -4.43. The van der Waals surface area contributed by atoms with Crippen LogP contribution in [0.2, 0.25) is 0 Å². The van der Waals surface area contributed by atoms with Gasteiger partial charge in [0.15, 0.2) is 0 Å². The molecule has 1 amide bonds. The number of amides is 1. The number of aryl methyl sites for hydroxylation is 1. The first-order valence-corrected chi connectivity index (χ1v) is 6.34. The van der Waals surface area contributed by atoms with E-state index in [0.717, 1.165) is 6.07 Å². The second-order valence-corrected chi connectivity index (χ2v) is 5.19. The van der Waals surface area contributed by atoms with Crippen LogP contribution in [0.1, 0.15) is 31.4 Å². The van der Waals surface area contributed by atoms with Crippen LogP contribution in [-0.2, 0) is 11.0 Å². The highest BCUT2D eigenvalue weighted by Gasteiger charge is 2.32. The van der Waals surface area contributed by atoms with Gasteiger partial charge in [-0.15, -0.1) is 0 Å². The van der Waals surface area contributed by atoms with Gasteiger partial charge in [0, 0.05) is 18.2 Å². The Bertz CT molecular complexity index is 484. The average Bonchev–Trinajstić information content (AvgIpc) is 2.29. The van der Waals surface area contributed by atoms with E-state index < -0.39 is 11.7 Å². The van der Waals surface area contributed by atoms with Crippen LogP contribution in [0.4, 0.5) is 18.9 Å². The molecule has 0 aliphatic heterocycles. The Kier molecular flexibility index (Phi) is 5.16. The van der Waals surface area contributed by atoms with E-state index in [4.69, 9.17) is 5.73 Å². The lowest BCUT2D eigenvalue weighted by Crippen LogP contribution is -2.31. The lowest BCUT2D eigenvalue weighted by Gasteiger charge is -2.16. The lowest BCUT2D eigenvalue weighted by atomic mass is 10.0. The Morgan fingerprint density at radius 2 is 1.95 bits per heavy atom. The molecule has 3 nitrogen and oxygen atoms in total. The number of rotatable bonds is 4. The number of halogens is 3. The SMILES string of the molecule is Cc1ccc(NC(=O)CC(N)C(C)C)cc1C(F)(F)F. The maximum absolute atomic E-state index is 12.7. The van der Waals surface area contributed by atoms with Crippen LogP contribution in [0.5, 0.6) is 0 Å². The fourth-order valence-corrected chi connectivity index (χ4v) is 1.67. The number of hydrogen-bond donors (Lipinski definition) is 2. The molecule has 0 aliphatic rings. The van der Waals surface area contributed by atoms with Gasteiger partial charge >= 0.3 is 6.18 Å². The van der Waals surface area contributed by atoms with Gasteiger partial charge in [0.2, 0.25) is 5.91 Å². The zero-order valence-electron chi connectivity index (χ0n) is 11.7. The van der Waals surface area contributed by atoms with Crippen LogP contribution in [-0.4, -0.2) is 11.9 Å². The van der Waals surface area contributed by atoms with Crippen molar-refractivity contribution in [3.05, 3.63) is 29.3 Å². The Morgan fingerprint density at radius 1 is 1.35 bits per heavy atom. The van der Waals surface area contributed by atoms with Crippen molar-refractivity contribution in [3.8, 4) is 0 Å². The molecule has 3 N–H and O–H groups in total. The van der Waals surface area contributed by atoms with Crippen molar-refractivity contribution in [2.75, 3.05) is 5.32 Å². The topological polar surface area (TPSA) is 55.1 Å². The van der Waals surface area contributed by atoms with Crippen molar-refractivity contribution in [1.82, 2.24) is 0 Å². The molecule has 0 bridgehead atoms. The van der Waals surface area contributed by atoms with Gasteiger partial charge in [0.05, 0.1) is 5.56 Å². The quantitative estimate of drug-likeness (QED) is 0.893. The highest BCUT2D eigenvalue weighted by Crippen LogP contribution is 2.33. The number of alkyl halides is 3. The number of nitrogens with two attached hydrogens (primary N) is 1. The van der Waals surface area contributed by atoms with Gasteiger partial charge in [-0.1, -0.05) is 19.9 Å². The summed E-state index contributed by atoms with van der Waals surface area (Å²) in [6, 6.07) is 3.40. The van der Waals surface area contributed by atoms with E-state index in [1.807, 2.05) is 13.8 Å². The number of benzene rings is 1. The Labute approximate surface area is 116 Å². The molecule has 1 aromatic carbocycles. The van der Waals surface area contributed by atoms with Crippen LogP contribution < -0.4 is 11.1 Å². The third kappa shape index (κ3) is 4.52. The lowest BCUT2D eigenvalue weighted by molar-refractivity contribution is -0.138. The van der Waals surface area contributed by atoms with Crippen molar-refractivity contribution in [1.29, 1.82) is 0 Å². The van der Waals surface area contributed by atoms with Gasteiger partial charge in [0.1, 0.15) is 0 Å². The first-order chi connectivity index (χ1) is 9.11. The summed E-state index contributed by atoms with van der Waals surface area (Å²) >= 11 is 0. The first kappa shape index (κ1) is 16.5. The molecule has 6 heteroatoms. The van der Waals surface area contributed by atoms with Gasteiger partial charge in [-0.3, -0.25) is 4.79 Å². The van der Waals surface area contributed by atoms with E-state index in [1.54, 1.807) is 0 Å². The molecular formula is C14H19F3N2O. The van der Waals surface area contributed by atoms with Gasteiger partial charge < -0.3 is 11.1 Å². The van der Waals surface area contributed by atoms with Crippen molar-refractivity contribution < 1.29 is 18.0 Å². The minimum Gasteiger partial charge on any atom is -0.327 e. The summed E-state index contributed by atoms with van der Waals surface area (Å²) in [6.45, 7) is 5.14. The van der Waals surface area contributed by atoms with Crippen molar-refractivity contribution in [3.63, 3.8) is 0 Å². The van der Waals surface area contributed by atoms with Crippen molar-refractivity contribution in [2.45, 2.75) is 39.4 Å². The van der Waals surface area contributed by atoms with E-state index >= 15 is 0 Å². The maximum atomic E-state index is 12.7. The molecule has 0 radical (unpaired) electrons. The number of nitrogens with one attached hydrogen (secondary N) is 1. The Hall–Kier alpha value is -1.56. The summed E-state index contributed by atoms with van der Waals surface area (Å²) in [5.74, 6) is -0.257. The Balaban J connectivity index is 2.81. The molecule has 20 heavy (non-hydrogen) atoms. The largest absolute Gasteiger partial charge is 0.416 e. The smallest absolute Gasteiger partial charge is 0.327 e. The molecule has 1 aromatic rings. The van der Waals surface area contributed by atoms with Crippen LogP contribution in [0, 0.1) is 12.8 Å². The van der Waals surface area contributed by atoms with Crippen LogP contribution >= 0.6 is 0 Å². The third-order valence-electron chi connectivity index (χ3n) is 3.10. The van der Waals surface area contributed by atoms with Crippen LogP contribution in [0.15, 0.2) is 18.2 Å². The Morgan fingerprint density at radius 3 is 2.45 bits per heavy atom. The van der Waals surface area contributed by atoms with Crippen molar-refractivity contribution >= 4 is 11.6 Å². The highest BCUT2D eigenvalue weighted by molar-refractivity contribution is 5.91. The van der Waals surface area contributed by atoms with Gasteiger partial charge in [-0.25, -0.2) is 0 Å². The van der Waals surface area contributed by atoms with Gasteiger partial charge in [-0.05, 0) is 30.5 Å². The molecule has 1 rings (SSSR count). The summed E-state index contributed by atoms with van der Waals surface area (Å²) in [6.07, 6.45) is -4.36. The average molecular weight is 288 g/mol. The molecule has 0 aromatic heterocycles. The second-order valence-electron chi connectivity index (χ2n) is 5.19.